The van der Waals surface area contributed by atoms with Gasteiger partial charge in [-0.2, -0.15) is 0 Å². The summed E-state index contributed by atoms with van der Waals surface area (Å²) in [4.78, 5) is 0. The molecule has 0 aromatic rings. The van der Waals surface area contributed by atoms with E-state index in [0.717, 1.165) is 14.2 Å². The molecule has 7 heavy (non-hydrogen) atoms. The third kappa shape index (κ3) is 6150. The molecule has 50 valence electrons. The normalized spacial score (nSPS) is 4.29. The predicted molar refractivity (Wildman–Crippen MR) is 31.3 cm³/mol. The fourth-order valence-corrected chi connectivity index (χ4v) is 0. The molecule has 0 amide bonds. The van der Waals surface area contributed by atoms with Crippen LogP contribution in [0.3, 0.4) is 0 Å². The van der Waals surface area contributed by atoms with Gasteiger partial charge < -0.3 is 14.9 Å². The van der Waals surface area contributed by atoms with Crippen molar-refractivity contribution in [3.8, 4) is 0 Å². The molecule has 0 unspecified atom stereocenters. The molecule has 3 nitrogen and oxygen atoms in total. The molecule has 0 saturated heterocycles. The van der Waals surface area contributed by atoms with E-state index in [9.17, 15) is 0 Å². The Balaban J connectivity index is -0.0000000147. The summed E-state index contributed by atoms with van der Waals surface area (Å²) >= 11 is 0. The van der Waals surface area contributed by atoms with Gasteiger partial charge in [0.25, 0.3) is 0 Å². The number of hydrogen-bond donors (Lipinski definition) is 2. The van der Waals surface area contributed by atoms with Crippen molar-refractivity contribution < 1.29 is 16.4 Å². The van der Waals surface area contributed by atoms with Gasteiger partial charge in [0.15, 0.2) is 0 Å². The van der Waals surface area contributed by atoms with Crippen LogP contribution in [0.15, 0.2) is 0 Å². The van der Waals surface area contributed by atoms with Crippen molar-refractivity contribution in [1.82, 2.24) is 0 Å². The van der Waals surface area contributed by atoms with E-state index in [1.165, 1.54) is 0 Å². The average Bonchev–Trinajstić information content (AvgIpc) is 1.78. The Morgan fingerprint density at radius 3 is 1.00 bits per heavy atom. The monoisotopic (exact) mass is 112 g/mol. The molecule has 0 aliphatic rings. The van der Waals surface area contributed by atoms with E-state index in [4.69, 9.17) is 10.2 Å². The van der Waals surface area contributed by atoms with E-state index in [1.54, 1.807) is 14.2 Å². The molecule has 2 N–H and O–H groups in total. The summed E-state index contributed by atoms with van der Waals surface area (Å²) in [5, 5.41) is 14.0. The summed E-state index contributed by atoms with van der Waals surface area (Å²) in [5.41, 5.74) is 0. The molecular formula is C4H16O3. The van der Waals surface area contributed by atoms with Gasteiger partial charge in [0.1, 0.15) is 0 Å². The lowest BCUT2D eigenvalue weighted by atomic mass is 11.6. The number of hydrogen-bond acceptors (Lipinski definition) is 3. The molecule has 3 heteroatoms. The molecule has 0 spiro atoms. The van der Waals surface area contributed by atoms with E-state index in [-0.39, 0.29) is 1.43 Å². The first-order chi connectivity index (χ1) is 3.41. The molecule has 0 aliphatic carbocycles. The maximum atomic E-state index is 7.00. The van der Waals surface area contributed by atoms with Gasteiger partial charge in [-0.3, -0.25) is 0 Å². The van der Waals surface area contributed by atoms with Crippen LogP contribution in [0.2, 0.25) is 0 Å². The van der Waals surface area contributed by atoms with Gasteiger partial charge in [0.05, 0.1) is 0 Å². The van der Waals surface area contributed by atoms with Crippen LogP contribution in [0.5, 0.6) is 0 Å². The van der Waals surface area contributed by atoms with Crippen LogP contribution >= 0.6 is 0 Å². The molecule has 0 fully saturated rings. The summed E-state index contributed by atoms with van der Waals surface area (Å²) in [6, 6.07) is 0. The highest BCUT2D eigenvalue weighted by atomic mass is 16.4. The van der Waals surface area contributed by atoms with Gasteiger partial charge in [0, 0.05) is 29.9 Å². The Morgan fingerprint density at radius 2 is 1.00 bits per heavy atom. The number of ether oxygens (including phenoxy) is 1. The summed E-state index contributed by atoms with van der Waals surface area (Å²) < 4.78 is 4.25. The quantitative estimate of drug-likeness (QED) is 0.453. The molecule has 0 aromatic carbocycles. The summed E-state index contributed by atoms with van der Waals surface area (Å²) in [7, 11) is 5.25. The minimum atomic E-state index is 0. The van der Waals surface area contributed by atoms with Crippen molar-refractivity contribution in [3.05, 3.63) is 0 Å². The van der Waals surface area contributed by atoms with E-state index in [2.05, 4.69) is 4.74 Å². The Kier molecular flexibility index (Phi) is 408. The maximum Gasteiger partial charge on any atom is 0.0351 e. The van der Waals surface area contributed by atoms with Crippen molar-refractivity contribution in [1.29, 1.82) is 0 Å². The van der Waals surface area contributed by atoms with Crippen LogP contribution in [0.1, 0.15) is 1.43 Å². The standard InChI is InChI=1S/C2H6O.2CH4O.H2/c1-3-2;2*1-2;/h1-2H3;2*2H,1H3;1H. The maximum absolute atomic E-state index is 7.00. The second kappa shape index (κ2) is 181. The minimum Gasteiger partial charge on any atom is -0.400 e. The van der Waals surface area contributed by atoms with Crippen LogP contribution in [-0.2, 0) is 4.74 Å². The van der Waals surface area contributed by atoms with E-state index in [0.29, 0.717) is 0 Å². The van der Waals surface area contributed by atoms with Crippen LogP contribution in [0, 0.1) is 0 Å². The number of aliphatic hydroxyl groups excluding tert-OH is 2. The Morgan fingerprint density at radius 1 is 1.00 bits per heavy atom. The molecule has 0 radical (unpaired) electrons. The summed E-state index contributed by atoms with van der Waals surface area (Å²) in [5.74, 6) is 0. The lowest BCUT2D eigenvalue weighted by Crippen LogP contribution is -1.55. The van der Waals surface area contributed by atoms with Gasteiger partial charge >= 0.3 is 0 Å². The molecule has 0 aliphatic heterocycles. The van der Waals surface area contributed by atoms with Crippen molar-refractivity contribution in [3.63, 3.8) is 0 Å². The SMILES string of the molecule is CO.CO.COC.[HH]. The Labute approximate surface area is 46.0 Å². The van der Waals surface area contributed by atoms with Gasteiger partial charge in [-0.25, -0.2) is 0 Å². The van der Waals surface area contributed by atoms with Crippen LogP contribution in [0.25, 0.3) is 0 Å². The highest BCUT2D eigenvalue weighted by Gasteiger charge is 1.25. The van der Waals surface area contributed by atoms with E-state index >= 15 is 0 Å². The summed E-state index contributed by atoms with van der Waals surface area (Å²) in [6.45, 7) is 0. The average molecular weight is 112 g/mol. The first-order valence-corrected chi connectivity index (χ1v) is 1.71. The second-order valence-electron chi connectivity index (χ2n) is 0.408. The van der Waals surface area contributed by atoms with Gasteiger partial charge in [0.2, 0.25) is 0 Å². The third-order valence-electron chi connectivity index (χ3n) is 0. The van der Waals surface area contributed by atoms with Crippen LogP contribution in [-0.4, -0.2) is 38.7 Å². The topological polar surface area (TPSA) is 49.7 Å². The van der Waals surface area contributed by atoms with E-state index < -0.39 is 0 Å². The van der Waals surface area contributed by atoms with Gasteiger partial charge in [-0.1, -0.05) is 0 Å². The zero-order chi connectivity index (χ0) is 6.71. The first-order valence-electron chi connectivity index (χ1n) is 1.71. The fourth-order valence-electron chi connectivity index (χ4n) is 0. The first kappa shape index (κ1) is 15.8. The zero-order valence-corrected chi connectivity index (χ0v) is 5.30. The Bertz CT molecular complexity index is 11.2. The molecule has 0 atom stereocenters. The van der Waals surface area contributed by atoms with E-state index in [1.807, 2.05) is 0 Å². The minimum absolute atomic E-state index is 0. The van der Waals surface area contributed by atoms with Gasteiger partial charge in [-0.15, -0.1) is 0 Å². The number of rotatable bonds is 0. The van der Waals surface area contributed by atoms with Crippen LogP contribution in [0.4, 0.5) is 0 Å². The zero-order valence-electron chi connectivity index (χ0n) is 5.30. The van der Waals surface area contributed by atoms with Crippen LogP contribution < -0.4 is 0 Å². The molecule has 0 bridgehead atoms. The Hall–Kier alpha value is -0.120. The van der Waals surface area contributed by atoms with Crippen molar-refractivity contribution >= 4 is 0 Å². The van der Waals surface area contributed by atoms with Gasteiger partial charge in [-0.05, 0) is 0 Å². The predicted octanol–water partition coefficient (Wildman–Crippen LogP) is -0.274. The van der Waals surface area contributed by atoms with Crippen molar-refractivity contribution in [2.75, 3.05) is 28.4 Å². The van der Waals surface area contributed by atoms with Crippen molar-refractivity contribution in [2.24, 2.45) is 0 Å². The molecule has 0 aromatic heterocycles. The molecule has 0 saturated carbocycles. The molecule has 0 heterocycles. The number of methoxy groups -OCH3 is 1. The largest absolute Gasteiger partial charge is 0.400 e. The molecular weight excluding hydrogens is 96.0 g/mol. The summed E-state index contributed by atoms with van der Waals surface area (Å²) in [6.07, 6.45) is 0. The number of aliphatic hydroxyl groups is 2. The molecule has 0 rings (SSSR count). The second-order valence-corrected chi connectivity index (χ2v) is 0.408. The smallest absolute Gasteiger partial charge is 0.0351 e. The fraction of sp³-hybridized carbons (Fsp3) is 1.00. The van der Waals surface area contributed by atoms with Crippen molar-refractivity contribution in [2.45, 2.75) is 0 Å². The lowest BCUT2D eigenvalue weighted by Gasteiger charge is -1.61. The third-order valence-corrected chi connectivity index (χ3v) is 0. The highest BCUT2D eigenvalue weighted by Crippen LogP contribution is 1.28. The highest BCUT2D eigenvalue weighted by molar-refractivity contribution is 3.56. The lowest BCUT2D eigenvalue weighted by molar-refractivity contribution is 0.277.